The van der Waals surface area contributed by atoms with E-state index < -0.39 is 12.0 Å². The molecule has 3 fully saturated rings. The maximum Gasteiger partial charge on any atom is 0.262 e. The molecule has 132 valence electrons. The summed E-state index contributed by atoms with van der Waals surface area (Å²) in [6, 6.07) is -0.748. The Labute approximate surface area is 141 Å². The SMILES string of the molecule is O=C(NCC1(N2CCSCC2)CCCCC1)C1CC(F)(F)CN1. The van der Waals surface area contributed by atoms with E-state index in [-0.39, 0.29) is 24.4 Å². The van der Waals surface area contributed by atoms with Gasteiger partial charge in [-0.2, -0.15) is 11.8 Å². The number of alkyl halides is 2. The van der Waals surface area contributed by atoms with Crippen molar-refractivity contribution in [3.8, 4) is 0 Å². The zero-order chi connectivity index (χ0) is 16.3. The van der Waals surface area contributed by atoms with Crippen molar-refractivity contribution in [1.82, 2.24) is 15.5 Å². The van der Waals surface area contributed by atoms with Gasteiger partial charge in [0.25, 0.3) is 5.92 Å². The maximum atomic E-state index is 13.3. The molecule has 2 aliphatic heterocycles. The number of halogens is 2. The molecule has 3 aliphatic rings. The van der Waals surface area contributed by atoms with Crippen LogP contribution in [0.2, 0.25) is 0 Å². The highest BCUT2D eigenvalue weighted by atomic mass is 32.2. The molecule has 2 N–H and O–H groups in total. The number of carbonyl (C=O) groups excluding carboxylic acids is 1. The van der Waals surface area contributed by atoms with Crippen molar-refractivity contribution in [3.05, 3.63) is 0 Å². The molecule has 1 unspecified atom stereocenters. The average Bonchev–Trinajstić information content (AvgIpc) is 2.94. The van der Waals surface area contributed by atoms with Gasteiger partial charge in [0.2, 0.25) is 5.91 Å². The first-order valence-electron chi connectivity index (χ1n) is 8.73. The Bertz CT molecular complexity index is 424. The Balaban J connectivity index is 1.59. The highest BCUT2D eigenvalue weighted by molar-refractivity contribution is 7.99. The smallest absolute Gasteiger partial charge is 0.262 e. The second-order valence-corrected chi connectivity index (χ2v) is 8.32. The van der Waals surface area contributed by atoms with E-state index in [9.17, 15) is 13.6 Å². The van der Waals surface area contributed by atoms with Crippen LogP contribution in [0.5, 0.6) is 0 Å². The van der Waals surface area contributed by atoms with E-state index in [2.05, 4.69) is 15.5 Å². The van der Waals surface area contributed by atoms with E-state index in [0.29, 0.717) is 6.54 Å². The fourth-order valence-corrected chi connectivity index (χ4v) is 5.03. The number of nitrogens with zero attached hydrogens (tertiary/aromatic N) is 1. The fraction of sp³-hybridized carbons (Fsp3) is 0.938. The Morgan fingerprint density at radius 3 is 2.52 bits per heavy atom. The van der Waals surface area contributed by atoms with Crippen molar-refractivity contribution in [1.29, 1.82) is 0 Å². The van der Waals surface area contributed by atoms with E-state index >= 15 is 0 Å². The van der Waals surface area contributed by atoms with Crippen molar-refractivity contribution >= 4 is 17.7 Å². The molecule has 0 aromatic rings. The van der Waals surface area contributed by atoms with E-state index in [0.717, 1.165) is 37.4 Å². The van der Waals surface area contributed by atoms with Crippen molar-refractivity contribution in [2.24, 2.45) is 0 Å². The molecule has 1 saturated carbocycles. The molecule has 3 rings (SSSR count). The maximum absolute atomic E-state index is 13.3. The predicted molar refractivity (Wildman–Crippen MR) is 89.1 cm³/mol. The third-order valence-corrected chi connectivity index (χ3v) is 6.43. The summed E-state index contributed by atoms with van der Waals surface area (Å²) in [5, 5.41) is 5.63. The lowest BCUT2D eigenvalue weighted by Gasteiger charge is -2.48. The summed E-state index contributed by atoms with van der Waals surface area (Å²) in [5.74, 6) is -0.731. The molecule has 1 amide bonds. The van der Waals surface area contributed by atoms with Gasteiger partial charge in [0.15, 0.2) is 0 Å². The minimum Gasteiger partial charge on any atom is -0.353 e. The van der Waals surface area contributed by atoms with E-state index in [1.807, 2.05) is 11.8 Å². The molecule has 2 heterocycles. The first-order chi connectivity index (χ1) is 11.0. The van der Waals surface area contributed by atoms with Crippen LogP contribution in [0.25, 0.3) is 0 Å². The van der Waals surface area contributed by atoms with Crippen LogP contribution in [0.4, 0.5) is 8.78 Å². The van der Waals surface area contributed by atoms with Gasteiger partial charge in [-0.15, -0.1) is 0 Å². The van der Waals surface area contributed by atoms with Crippen molar-refractivity contribution in [3.63, 3.8) is 0 Å². The summed E-state index contributed by atoms with van der Waals surface area (Å²) in [6.07, 6.45) is 5.47. The van der Waals surface area contributed by atoms with Gasteiger partial charge in [-0.3, -0.25) is 15.0 Å². The van der Waals surface area contributed by atoms with Crippen LogP contribution >= 0.6 is 11.8 Å². The zero-order valence-corrected chi connectivity index (χ0v) is 14.4. The van der Waals surface area contributed by atoms with Gasteiger partial charge >= 0.3 is 0 Å². The predicted octanol–water partition coefficient (Wildman–Crippen LogP) is 1.85. The third-order valence-electron chi connectivity index (χ3n) is 5.48. The third kappa shape index (κ3) is 4.17. The summed E-state index contributed by atoms with van der Waals surface area (Å²) < 4.78 is 26.5. The molecule has 1 aliphatic carbocycles. The molecular formula is C16H27F2N3OS. The highest BCUT2D eigenvalue weighted by Crippen LogP contribution is 2.35. The van der Waals surface area contributed by atoms with Crippen LogP contribution in [0.3, 0.4) is 0 Å². The van der Waals surface area contributed by atoms with Crippen LogP contribution in [0, 0.1) is 0 Å². The van der Waals surface area contributed by atoms with Crippen LogP contribution in [-0.4, -0.2) is 66.0 Å². The Morgan fingerprint density at radius 2 is 1.91 bits per heavy atom. The number of carbonyl (C=O) groups is 1. The Kier molecular flexibility index (Phi) is 5.48. The first-order valence-corrected chi connectivity index (χ1v) is 9.88. The van der Waals surface area contributed by atoms with E-state index in [1.54, 1.807) is 0 Å². The molecule has 1 atom stereocenters. The van der Waals surface area contributed by atoms with Gasteiger partial charge in [0.05, 0.1) is 12.6 Å². The zero-order valence-electron chi connectivity index (χ0n) is 13.6. The fourth-order valence-electron chi connectivity index (χ4n) is 4.13. The normalized spacial score (nSPS) is 31.0. The van der Waals surface area contributed by atoms with Gasteiger partial charge in [0, 0.05) is 43.1 Å². The lowest BCUT2D eigenvalue weighted by Crippen LogP contribution is -2.59. The van der Waals surface area contributed by atoms with E-state index in [4.69, 9.17) is 0 Å². The number of nitrogens with one attached hydrogen (secondary N) is 2. The standard InChI is InChI=1S/C16H27F2N3OS/c17-16(18)10-13(19-12-16)14(22)20-11-15(4-2-1-3-5-15)21-6-8-23-9-7-21/h13,19H,1-12H2,(H,20,22). The van der Waals surface area contributed by atoms with Crippen LogP contribution in [-0.2, 0) is 4.79 Å². The molecule has 0 spiro atoms. The molecule has 2 saturated heterocycles. The minimum atomic E-state index is -2.76. The summed E-state index contributed by atoms with van der Waals surface area (Å²) >= 11 is 1.98. The largest absolute Gasteiger partial charge is 0.353 e. The number of hydrogen-bond acceptors (Lipinski definition) is 4. The summed E-state index contributed by atoms with van der Waals surface area (Å²) in [4.78, 5) is 14.8. The van der Waals surface area contributed by atoms with Gasteiger partial charge in [-0.25, -0.2) is 8.78 Å². The van der Waals surface area contributed by atoms with Crippen molar-refractivity contribution in [2.75, 3.05) is 37.7 Å². The Hall–Kier alpha value is -0.400. The van der Waals surface area contributed by atoms with Gasteiger partial charge in [-0.1, -0.05) is 19.3 Å². The van der Waals surface area contributed by atoms with Gasteiger partial charge in [0.1, 0.15) is 0 Å². The minimum absolute atomic E-state index is 0.0377. The molecule has 7 heteroatoms. The van der Waals surface area contributed by atoms with Crippen molar-refractivity contribution in [2.45, 2.75) is 56.0 Å². The van der Waals surface area contributed by atoms with Crippen molar-refractivity contribution < 1.29 is 13.6 Å². The summed E-state index contributed by atoms with van der Waals surface area (Å²) in [7, 11) is 0. The second kappa shape index (κ2) is 7.23. The van der Waals surface area contributed by atoms with Crippen LogP contribution in [0.15, 0.2) is 0 Å². The number of thioether (sulfide) groups is 1. The Morgan fingerprint density at radius 1 is 1.22 bits per heavy atom. The first kappa shape index (κ1) is 17.4. The lowest BCUT2D eigenvalue weighted by molar-refractivity contribution is -0.124. The number of hydrogen-bond donors (Lipinski definition) is 2. The second-order valence-electron chi connectivity index (χ2n) is 7.10. The molecule has 0 aromatic heterocycles. The molecule has 0 bridgehead atoms. The van der Waals surface area contributed by atoms with Gasteiger partial charge in [-0.05, 0) is 12.8 Å². The van der Waals surface area contributed by atoms with E-state index in [1.165, 1.54) is 19.3 Å². The average molecular weight is 347 g/mol. The molecule has 4 nitrogen and oxygen atoms in total. The molecule has 0 aromatic carbocycles. The number of amides is 1. The molecule has 0 radical (unpaired) electrons. The van der Waals surface area contributed by atoms with Gasteiger partial charge < -0.3 is 5.32 Å². The lowest BCUT2D eigenvalue weighted by atomic mass is 9.80. The van der Waals surface area contributed by atoms with Crippen LogP contribution < -0.4 is 10.6 Å². The molecular weight excluding hydrogens is 320 g/mol. The molecule has 23 heavy (non-hydrogen) atoms. The summed E-state index contributed by atoms with van der Waals surface area (Å²) in [5.41, 5.74) is 0.0377. The highest BCUT2D eigenvalue weighted by Gasteiger charge is 2.43. The monoisotopic (exact) mass is 347 g/mol. The quantitative estimate of drug-likeness (QED) is 0.815. The topological polar surface area (TPSA) is 44.4 Å². The van der Waals surface area contributed by atoms with Crippen LogP contribution in [0.1, 0.15) is 38.5 Å². The number of rotatable bonds is 4. The summed E-state index contributed by atoms with van der Waals surface area (Å²) in [6.45, 7) is 2.35.